The molecular weight excluding hydrogens is 617 g/mol. The van der Waals surface area contributed by atoms with Gasteiger partial charge in [0.05, 0.1) is 0 Å². The fourth-order valence-corrected chi connectivity index (χ4v) is 8.67. The first-order valence-electron chi connectivity index (χ1n) is 17.6. The van der Waals surface area contributed by atoms with Gasteiger partial charge in [0.1, 0.15) is 11.5 Å². The highest BCUT2D eigenvalue weighted by Crippen LogP contribution is 2.55. The van der Waals surface area contributed by atoms with Gasteiger partial charge in [-0.15, -0.1) is 0 Å². The van der Waals surface area contributed by atoms with Gasteiger partial charge in [0.2, 0.25) is 0 Å². The van der Waals surface area contributed by atoms with Crippen molar-refractivity contribution in [2.75, 3.05) is 0 Å². The monoisotopic (exact) mass is 646 g/mol. The molecule has 0 unspecified atom stereocenters. The third kappa shape index (κ3) is 4.09. The largest absolute Gasteiger partial charge is 0.455 e. The maximum atomic E-state index is 6.95. The molecule has 0 saturated heterocycles. The molecule has 0 atom stereocenters. The van der Waals surface area contributed by atoms with Crippen molar-refractivity contribution in [2.45, 2.75) is 0 Å². The number of hydrogen-bond acceptors (Lipinski definition) is 1. The van der Waals surface area contributed by atoms with E-state index >= 15 is 0 Å². The maximum absolute atomic E-state index is 6.95. The molecule has 0 amide bonds. The van der Waals surface area contributed by atoms with Crippen LogP contribution in [0.1, 0.15) is 0 Å². The summed E-state index contributed by atoms with van der Waals surface area (Å²) in [5, 5.41) is 12.2. The van der Waals surface area contributed by atoms with Crippen LogP contribution in [0, 0.1) is 0 Å². The van der Waals surface area contributed by atoms with E-state index in [-0.39, 0.29) is 0 Å². The predicted molar refractivity (Wildman–Crippen MR) is 216 cm³/mol. The molecule has 1 heteroatoms. The molecule has 0 spiro atoms. The summed E-state index contributed by atoms with van der Waals surface area (Å²) in [6.07, 6.45) is 0. The molecule has 0 saturated carbocycles. The molecule has 0 bridgehead atoms. The van der Waals surface area contributed by atoms with Crippen LogP contribution < -0.4 is 4.74 Å². The predicted octanol–water partition coefficient (Wildman–Crippen LogP) is 14.2. The minimum Gasteiger partial charge on any atom is -0.455 e. The normalized spacial score (nSPS) is 12.1. The summed E-state index contributed by atoms with van der Waals surface area (Å²) in [5.74, 6) is 1.82. The van der Waals surface area contributed by atoms with E-state index < -0.39 is 0 Å². The van der Waals surface area contributed by atoms with Crippen LogP contribution in [-0.2, 0) is 0 Å². The third-order valence-corrected chi connectivity index (χ3v) is 10.8. The molecule has 10 aromatic rings. The van der Waals surface area contributed by atoms with Crippen LogP contribution in [0.4, 0.5) is 0 Å². The SMILES string of the molecule is c1ccc(-c2ccc3c4c(cccc24)-c2cc(-c4c5ccccc5c(-c5ccccc5)c5c4ccc4ccccc45)c4ccccc4c2O3)cc1. The van der Waals surface area contributed by atoms with Gasteiger partial charge in [-0.1, -0.05) is 170 Å². The first-order chi connectivity index (χ1) is 25.3. The first-order valence-corrected chi connectivity index (χ1v) is 17.6. The highest BCUT2D eigenvalue weighted by molar-refractivity contribution is 6.30. The first kappa shape index (κ1) is 28.2. The third-order valence-electron chi connectivity index (χ3n) is 10.8. The fraction of sp³-hybridized carbons (Fsp3) is 0. The Morgan fingerprint density at radius 3 is 1.71 bits per heavy atom. The Labute approximate surface area is 295 Å². The quantitative estimate of drug-likeness (QED) is 0.137. The van der Waals surface area contributed by atoms with E-state index in [0.717, 1.165) is 27.8 Å². The Bertz CT molecular complexity index is 3030. The van der Waals surface area contributed by atoms with Gasteiger partial charge >= 0.3 is 0 Å². The van der Waals surface area contributed by atoms with Crippen LogP contribution in [0.3, 0.4) is 0 Å². The van der Waals surface area contributed by atoms with E-state index in [1.54, 1.807) is 0 Å². The molecule has 1 heterocycles. The Kier molecular flexibility index (Phi) is 6.02. The Hall–Kier alpha value is -6.70. The van der Waals surface area contributed by atoms with E-state index in [9.17, 15) is 0 Å². The summed E-state index contributed by atoms with van der Waals surface area (Å²) in [7, 11) is 0. The van der Waals surface area contributed by atoms with Gasteiger partial charge in [-0.25, -0.2) is 0 Å². The fourth-order valence-electron chi connectivity index (χ4n) is 8.67. The highest BCUT2D eigenvalue weighted by Gasteiger charge is 2.27. The standard InChI is InChI=1S/C50H30O/c1-3-14-31(15-4-1)34-28-29-45-48-37(34)24-13-25-40(48)44-30-43(36-20-9-12-23-41(36)50(44)51-45)47-39-22-11-10-21-38(39)46(33-17-5-2-6-18-33)49-35-19-8-7-16-32(35)26-27-42(47)49/h1-30H. The second-order valence-corrected chi connectivity index (χ2v) is 13.5. The van der Waals surface area contributed by atoms with E-state index in [2.05, 4.69) is 182 Å². The summed E-state index contributed by atoms with van der Waals surface area (Å²) in [5.41, 5.74) is 9.71. The zero-order valence-corrected chi connectivity index (χ0v) is 27.7. The van der Waals surface area contributed by atoms with Crippen LogP contribution >= 0.6 is 0 Å². The van der Waals surface area contributed by atoms with Gasteiger partial charge in [-0.3, -0.25) is 0 Å². The van der Waals surface area contributed by atoms with Crippen molar-refractivity contribution < 1.29 is 4.74 Å². The van der Waals surface area contributed by atoms with Gasteiger partial charge in [0.25, 0.3) is 0 Å². The Balaban J connectivity index is 1.29. The average molecular weight is 647 g/mol. The molecule has 0 N–H and O–H groups in total. The summed E-state index contributed by atoms with van der Waals surface area (Å²) in [6.45, 7) is 0. The number of fused-ring (bicyclic) bond motifs is 8. The molecule has 236 valence electrons. The number of benzene rings is 10. The highest BCUT2D eigenvalue weighted by atomic mass is 16.5. The van der Waals surface area contributed by atoms with Gasteiger partial charge in [-0.2, -0.15) is 0 Å². The van der Waals surface area contributed by atoms with Gasteiger partial charge in [0, 0.05) is 16.3 Å². The lowest BCUT2D eigenvalue weighted by Crippen LogP contribution is -2.00. The molecule has 1 nitrogen and oxygen atoms in total. The topological polar surface area (TPSA) is 9.23 Å². The van der Waals surface area contributed by atoms with Crippen molar-refractivity contribution in [1.82, 2.24) is 0 Å². The van der Waals surface area contributed by atoms with Crippen LogP contribution in [0.5, 0.6) is 11.5 Å². The average Bonchev–Trinajstić information content (AvgIpc) is 3.20. The van der Waals surface area contributed by atoms with Crippen molar-refractivity contribution in [3.8, 4) is 56.0 Å². The molecule has 1 aliphatic heterocycles. The lowest BCUT2D eigenvalue weighted by molar-refractivity contribution is 0.493. The molecule has 1 aliphatic rings. The van der Waals surface area contributed by atoms with Crippen molar-refractivity contribution >= 4 is 53.9 Å². The minimum atomic E-state index is 0.903. The Morgan fingerprint density at radius 1 is 0.294 bits per heavy atom. The molecule has 0 radical (unpaired) electrons. The van der Waals surface area contributed by atoms with Crippen molar-refractivity contribution in [3.05, 3.63) is 182 Å². The van der Waals surface area contributed by atoms with Crippen molar-refractivity contribution in [2.24, 2.45) is 0 Å². The van der Waals surface area contributed by atoms with Crippen molar-refractivity contribution in [3.63, 3.8) is 0 Å². The zero-order chi connectivity index (χ0) is 33.5. The molecule has 10 aromatic carbocycles. The molecule has 0 aliphatic carbocycles. The molecule has 0 fully saturated rings. The van der Waals surface area contributed by atoms with E-state index in [4.69, 9.17) is 4.74 Å². The molecule has 11 rings (SSSR count). The zero-order valence-electron chi connectivity index (χ0n) is 27.7. The number of hydrogen-bond donors (Lipinski definition) is 0. The van der Waals surface area contributed by atoms with Gasteiger partial charge in [0.15, 0.2) is 0 Å². The number of rotatable bonds is 3. The summed E-state index contributed by atoms with van der Waals surface area (Å²) in [4.78, 5) is 0. The van der Waals surface area contributed by atoms with Crippen LogP contribution in [0.25, 0.3) is 98.4 Å². The van der Waals surface area contributed by atoms with Gasteiger partial charge in [-0.05, 0) is 94.2 Å². The Morgan fingerprint density at radius 2 is 0.922 bits per heavy atom. The molecular formula is C50H30O. The van der Waals surface area contributed by atoms with E-state index in [1.165, 1.54) is 82.0 Å². The van der Waals surface area contributed by atoms with Crippen LogP contribution in [-0.4, -0.2) is 0 Å². The van der Waals surface area contributed by atoms with Crippen LogP contribution in [0.15, 0.2) is 182 Å². The minimum absolute atomic E-state index is 0.903. The molecule has 0 aromatic heterocycles. The smallest absolute Gasteiger partial charge is 0.143 e. The number of ether oxygens (including phenoxy) is 1. The summed E-state index contributed by atoms with van der Waals surface area (Å²) < 4.78 is 6.95. The van der Waals surface area contributed by atoms with Crippen molar-refractivity contribution in [1.29, 1.82) is 0 Å². The van der Waals surface area contributed by atoms with E-state index in [0.29, 0.717) is 0 Å². The maximum Gasteiger partial charge on any atom is 0.143 e. The summed E-state index contributed by atoms with van der Waals surface area (Å²) >= 11 is 0. The molecule has 51 heavy (non-hydrogen) atoms. The lowest BCUT2D eigenvalue weighted by Gasteiger charge is -2.26. The summed E-state index contributed by atoms with van der Waals surface area (Å²) in [6, 6.07) is 66.2. The second-order valence-electron chi connectivity index (χ2n) is 13.5. The van der Waals surface area contributed by atoms with E-state index in [1.807, 2.05) is 0 Å². The van der Waals surface area contributed by atoms with Gasteiger partial charge < -0.3 is 4.74 Å². The lowest BCUT2D eigenvalue weighted by atomic mass is 9.81. The van der Waals surface area contributed by atoms with Crippen LogP contribution in [0.2, 0.25) is 0 Å². The second kappa shape index (κ2) is 10.9.